The van der Waals surface area contributed by atoms with Gasteiger partial charge in [0, 0.05) is 6.20 Å². The molecule has 3 heterocycles. The molecule has 9 nitrogen and oxygen atoms in total. The van der Waals surface area contributed by atoms with Crippen molar-refractivity contribution in [2.75, 3.05) is 0 Å². The zero-order valence-corrected chi connectivity index (χ0v) is 15.8. The average Bonchev–Trinajstić information content (AvgIpc) is 3.19. The van der Waals surface area contributed by atoms with Gasteiger partial charge >= 0.3 is 11.9 Å². The maximum Gasteiger partial charge on any atom is 0.325 e. The number of aromatic nitrogens is 1. The van der Waals surface area contributed by atoms with Crippen molar-refractivity contribution in [3.05, 3.63) is 66.0 Å². The molecule has 9 heteroatoms. The minimum absolute atomic E-state index is 0.0107. The fourth-order valence-electron chi connectivity index (χ4n) is 4.47. The molecule has 2 aliphatic heterocycles. The molecular formula is C21H19N3O6. The highest BCUT2D eigenvalue weighted by molar-refractivity contribution is 6.10. The number of pyridine rings is 1. The molecule has 2 aromatic rings. The number of carboxylic acid groups (broad SMARTS) is 2. The number of carboxylic acids is 2. The van der Waals surface area contributed by atoms with Gasteiger partial charge in [-0.15, -0.1) is 0 Å². The number of fused-ring (bicyclic) bond motifs is 1. The van der Waals surface area contributed by atoms with Crippen LogP contribution in [0.3, 0.4) is 0 Å². The number of nitrogens with one attached hydrogen (secondary N) is 1. The predicted octanol–water partition coefficient (Wildman–Crippen LogP) is 0.825. The molecule has 2 aliphatic rings. The van der Waals surface area contributed by atoms with Gasteiger partial charge in [-0.2, -0.15) is 0 Å². The van der Waals surface area contributed by atoms with Crippen molar-refractivity contribution in [2.45, 2.75) is 24.5 Å². The second kappa shape index (κ2) is 7.34. The molecule has 0 saturated carbocycles. The number of hydrogen-bond donors (Lipinski definition) is 3. The largest absolute Gasteiger partial charge is 0.481 e. The van der Waals surface area contributed by atoms with Gasteiger partial charge in [-0.3, -0.25) is 34.4 Å². The first kappa shape index (κ1) is 19.7. The lowest BCUT2D eigenvalue weighted by Crippen LogP contribution is -2.56. The number of carbonyl (C=O) groups is 4. The van der Waals surface area contributed by atoms with Gasteiger partial charge in [0.2, 0.25) is 11.8 Å². The zero-order valence-electron chi connectivity index (χ0n) is 15.8. The van der Waals surface area contributed by atoms with E-state index in [9.17, 15) is 29.4 Å². The first-order valence-corrected chi connectivity index (χ1v) is 9.38. The molecule has 4 atom stereocenters. The van der Waals surface area contributed by atoms with E-state index in [1.54, 1.807) is 48.5 Å². The fourth-order valence-corrected chi connectivity index (χ4v) is 4.47. The molecule has 3 N–H and O–H groups in total. The number of benzene rings is 1. The van der Waals surface area contributed by atoms with Crippen molar-refractivity contribution in [1.82, 2.24) is 15.2 Å². The molecule has 30 heavy (non-hydrogen) atoms. The molecule has 4 unspecified atom stereocenters. The normalized spacial score (nSPS) is 27.9. The second-order valence-electron chi connectivity index (χ2n) is 7.48. The minimum Gasteiger partial charge on any atom is -0.481 e. The highest BCUT2D eigenvalue weighted by Gasteiger charge is 2.69. The third-order valence-corrected chi connectivity index (χ3v) is 5.75. The molecule has 1 aromatic carbocycles. The van der Waals surface area contributed by atoms with Crippen LogP contribution >= 0.6 is 0 Å². The standard InChI is InChI=1S/C21H19N3O6/c25-14(26)10-21(20(29)30)16-15(17(23-21)13-8-4-5-9-22-13)18(27)24(19(16)28)11-12-6-2-1-3-7-12/h1-9,15-17,23H,10-11H2,(H,25,26)(H,29,30). The molecule has 2 saturated heterocycles. The Morgan fingerprint density at radius 3 is 2.33 bits per heavy atom. The molecule has 0 spiro atoms. The lowest BCUT2D eigenvalue weighted by molar-refractivity contribution is -0.156. The Morgan fingerprint density at radius 2 is 1.73 bits per heavy atom. The van der Waals surface area contributed by atoms with Crippen LogP contribution in [0.1, 0.15) is 23.7 Å². The first-order chi connectivity index (χ1) is 14.3. The molecule has 2 amide bonds. The second-order valence-corrected chi connectivity index (χ2v) is 7.48. The minimum atomic E-state index is -2.11. The number of imide groups is 1. The summed E-state index contributed by atoms with van der Waals surface area (Å²) in [5, 5.41) is 22.2. The molecule has 0 aliphatic carbocycles. The summed E-state index contributed by atoms with van der Waals surface area (Å²) in [4.78, 5) is 55.6. The Morgan fingerprint density at radius 1 is 1.03 bits per heavy atom. The Labute approximate surface area is 171 Å². The van der Waals surface area contributed by atoms with Crippen molar-refractivity contribution in [1.29, 1.82) is 0 Å². The van der Waals surface area contributed by atoms with Crippen LogP contribution in [0.25, 0.3) is 0 Å². The van der Waals surface area contributed by atoms with Crippen LogP contribution in [0.2, 0.25) is 0 Å². The number of nitrogens with zero attached hydrogens (tertiary/aromatic N) is 2. The van der Waals surface area contributed by atoms with E-state index in [1.807, 2.05) is 0 Å². The third-order valence-electron chi connectivity index (χ3n) is 5.75. The van der Waals surface area contributed by atoms with Gasteiger partial charge < -0.3 is 10.2 Å². The number of hydrogen-bond acceptors (Lipinski definition) is 6. The van der Waals surface area contributed by atoms with Crippen LogP contribution in [0, 0.1) is 11.8 Å². The van der Waals surface area contributed by atoms with Gasteiger partial charge in [-0.1, -0.05) is 36.4 Å². The molecule has 0 radical (unpaired) electrons. The van der Waals surface area contributed by atoms with Crippen molar-refractivity contribution in [2.24, 2.45) is 11.8 Å². The van der Waals surface area contributed by atoms with E-state index in [4.69, 9.17) is 0 Å². The van der Waals surface area contributed by atoms with E-state index in [0.29, 0.717) is 11.3 Å². The summed E-state index contributed by atoms with van der Waals surface area (Å²) in [5.74, 6) is -6.51. The molecule has 2 fully saturated rings. The first-order valence-electron chi connectivity index (χ1n) is 9.38. The molecular weight excluding hydrogens is 390 g/mol. The van der Waals surface area contributed by atoms with Crippen LogP contribution in [0.15, 0.2) is 54.7 Å². The van der Waals surface area contributed by atoms with Crippen molar-refractivity contribution in [3.63, 3.8) is 0 Å². The Balaban J connectivity index is 1.80. The van der Waals surface area contributed by atoms with E-state index in [2.05, 4.69) is 10.3 Å². The molecule has 1 aromatic heterocycles. The summed E-state index contributed by atoms with van der Waals surface area (Å²) in [6.07, 6.45) is 0.651. The van der Waals surface area contributed by atoms with Crippen LogP contribution < -0.4 is 5.32 Å². The van der Waals surface area contributed by atoms with Crippen LogP contribution in [-0.4, -0.2) is 49.4 Å². The van der Waals surface area contributed by atoms with E-state index < -0.39 is 53.6 Å². The third kappa shape index (κ3) is 3.03. The number of rotatable bonds is 6. The van der Waals surface area contributed by atoms with E-state index in [1.165, 1.54) is 6.20 Å². The number of aliphatic carboxylic acids is 2. The number of carbonyl (C=O) groups excluding carboxylic acids is 2. The van der Waals surface area contributed by atoms with Crippen LogP contribution in [-0.2, 0) is 25.7 Å². The number of likely N-dealkylation sites (tertiary alicyclic amines) is 1. The average molecular weight is 409 g/mol. The quantitative estimate of drug-likeness (QED) is 0.597. The van der Waals surface area contributed by atoms with Crippen molar-refractivity contribution in [3.8, 4) is 0 Å². The highest BCUT2D eigenvalue weighted by Crippen LogP contribution is 2.50. The van der Waals surface area contributed by atoms with Gasteiger partial charge in [0.25, 0.3) is 0 Å². The molecule has 0 bridgehead atoms. The van der Waals surface area contributed by atoms with E-state index in [0.717, 1.165) is 4.90 Å². The van der Waals surface area contributed by atoms with Gasteiger partial charge in [0.1, 0.15) is 5.54 Å². The molecule has 4 rings (SSSR count). The molecule has 154 valence electrons. The lowest BCUT2D eigenvalue weighted by atomic mass is 9.78. The zero-order chi connectivity index (χ0) is 21.5. The highest BCUT2D eigenvalue weighted by atomic mass is 16.4. The number of amides is 2. The SMILES string of the molecule is O=C(O)CC1(C(=O)O)NC(c2ccccn2)C2C(=O)N(Cc3ccccc3)C(=O)C21. The van der Waals surface area contributed by atoms with Gasteiger partial charge in [-0.25, -0.2) is 0 Å². The van der Waals surface area contributed by atoms with Crippen LogP contribution in [0.4, 0.5) is 0 Å². The predicted molar refractivity (Wildman–Crippen MR) is 102 cm³/mol. The van der Waals surface area contributed by atoms with Gasteiger partial charge in [0.15, 0.2) is 0 Å². The van der Waals surface area contributed by atoms with Crippen molar-refractivity contribution >= 4 is 23.8 Å². The fraction of sp³-hybridized carbons (Fsp3) is 0.286. The van der Waals surface area contributed by atoms with Crippen molar-refractivity contribution < 1.29 is 29.4 Å². The Kier molecular flexibility index (Phi) is 4.83. The van der Waals surface area contributed by atoms with Gasteiger partial charge in [0.05, 0.1) is 36.5 Å². The summed E-state index contributed by atoms with van der Waals surface area (Å²) in [6.45, 7) is -0.0107. The Hall–Kier alpha value is -3.59. The van der Waals surface area contributed by atoms with Gasteiger partial charge in [-0.05, 0) is 17.7 Å². The monoisotopic (exact) mass is 409 g/mol. The smallest absolute Gasteiger partial charge is 0.325 e. The Bertz CT molecular complexity index is 1010. The van der Waals surface area contributed by atoms with Crippen LogP contribution in [0.5, 0.6) is 0 Å². The summed E-state index contributed by atoms with van der Waals surface area (Å²) in [7, 11) is 0. The summed E-state index contributed by atoms with van der Waals surface area (Å²) in [5.41, 5.74) is -1.03. The summed E-state index contributed by atoms with van der Waals surface area (Å²) < 4.78 is 0. The maximum atomic E-state index is 13.3. The van der Waals surface area contributed by atoms with E-state index >= 15 is 0 Å². The topological polar surface area (TPSA) is 137 Å². The summed E-state index contributed by atoms with van der Waals surface area (Å²) >= 11 is 0. The lowest BCUT2D eigenvalue weighted by Gasteiger charge is -2.29. The van der Waals surface area contributed by atoms with E-state index in [-0.39, 0.29) is 6.54 Å². The maximum absolute atomic E-state index is 13.3. The summed E-state index contributed by atoms with van der Waals surface area (Å²) in [6, 6.07) is 12.9.